The molecular formula is C15H15ClN2O3S. The molecule has 0 atom stereocenters. The predicted octanol–water partition coefficient (Wildman–Crippen LogP) is 2.97. The van der Waals surface area contributed by atoms with Crippen LogP contribution in [0.25, 0.3) is 0 Å². The molecule has 0 saturated carbocycles. The van der Waals surface area contributed by atoms with Gasteiger partial charge in [-0.3, -0.25) is 0 Å². The van der Waals surface area contributed by atoms with Crippen LogP contribution in [0.3, 0.4) is 0 Å². The lowest BCUT2D eigenvalue weighted by Gasteiger charge is -2.09. The fourth-order valence-electron chi connectivity index (χ4n) is 1.73. The van der Waals surface area contributed by atoms with E-state index in [0.717, 1.165) is 11.1 Å². The summed E-state index contributed by atoms with van der Waals surface area (Å²) in [5.41, 5.74) is 1.90. The van der Waals surface area contributed by atoms with Crippen LogP contribution in [0.4, 0.5) is 0 Å². The van der Waals surface area contributed by atoms with Gasteiger partial charge in [0.2, 0.25) is 0 Å². The van der Waals surface area contributed by atoms with Crippen LogP contribution in [0, 0.1) is 6.92 Å². The summed E-state index contributed by atoms with van der Waals surface area (Å²) in [5, 5.41) is 4.06. The average Bonchev–Trinajstić information content (AvgIpc) is 2.49. The van der Waals surface area contributed by atoms with E-state index in [1.165, 1.54) is 25.5 Å². The summed E-state index contributed by atoms with van der Waals surface area (Å²) in [6.07, 6.45) is 1.42. The minimum Gasteiger partial charge on any atom is -0.495 e. The van der Waals surface area contributed by atoms with Crippen molar-refractivity contribution in [1.82, 2.24) is 4.83 Å². The van der Waals surface area contributed by atoms with E-state index in [4.69, 9.17) is 16.3 Å². The highest BCUT2D eigenvalue weighted by Crippen LogP contribution is 2.26. The number of hydrazone groups is 1. The smallest absolute Gasteiger partial charge is 0.280 e. The van der Waals surface area contributed by atoms with Crippen LogP contribution >= 0.6 is 11.6 Å². The molecule has 2 rings (SSSR count). The summed E-state index contributed by atoms with van der Waals surface area (Å²) >= 11 is 5.84. The van der Waals surface area contributed by atoms with Gasteiger partial charge in [0.1, 0.15) is 10.6 Å². The van der Waals surface area contributed by atoms with Crippen molar-refractivity contribution in [2.24, 2.45) is 5.10 Å². The molecule has 0 spiro atoms. The van der Waals surface area contributed by atoms with Gasteiger partial charge in [-0.2, -0.15) is 18.4 Å². The third kappa shape index (κ3) is 3.99. The minimum absolute atomic E-state index is 0.0662. The van der Waals surface area contributed by atoms with Crippen molar-refractivity contribution in [2.45, 2.75) is 11.8 Å². The third-order valence-electron chi connectivity index (χ3n) is 2.88. The minimum atomic E-state index is -3.86. The number of ether oxygens (including phenoxy) is 1. The summed E-state index contributed by atoms with van der Waals surface area (Å²) in [6.45, 7) is 1.97. The molecule has 7 heteroatoms. The number of sulfonamides is 1. The fourth-order valence-corrected chi connectivity index (χ4v) is 2.96. The number of hydrogen-bond donors (Lipinski definition) is 1. The highest BCUT2D eigenvalue weighted by Gasteiger charge is 2.19. The molecular weight excluding hydrogens is 324 g/mol. The first-order valence-electron chi connectivity index (χ1n) is 6.37. The predicted molar refractivity (Wildman–Crippen MR) is 87.1 cm³/mol. The van der Waals surface area contributed by atoms with Gasteiger partial charge in [-0.25, -0.2) is 0 Å². The maximum absolute atomic E-state index is 12.2. The summed E-state index contributed by atoms with van der Waals surface area (Å²) in [6, 6.07) is 11.9. The van der Waals surface area contributed by atoms with Crippen LogP contribution in [0.15, 0.2) is 52.5 Å². The van der Waals surface area contributed by atoms with E-state index in [2.05, 4.69) is 9.93 Å². The molecule has 0 amide bonds. The van der Waals surface area contributed by atoms with Gasteiger partial charge in [-0.05, 0) is 30.7 Å². The number of halogens is 1. The van der Waals surface area contributed by atoms with Crippen molar-refractivity contribution in [3.05, 3.63) is 58.6 Å². The quantitative estimate of drug-likeness (QED) is 0.673. The van der Waals surface area contributed by atoms with E-state index in [-0.39, 0.29) is 10.6 Å². The SMILES string of the molecule is COc1ccc(Cl)cc1S(=O)(=O)N/N=C/c1ccc(C)cc1. The zero-order valence-electron chi connectivity index (χ0n) is 12.1. The van der Waals surface area contributed by atoms with Crippen molar-refractivity contribution < 1.29 is 13.2 Å². The molecule has 0 heterocycles. The van der Waals surface area contributed by atoms with Crippen LogP contribution in [-0.2, 0) is 10.0 Å². The normalized spacial score (nSPS) is 11.6. The number of aryl methyl sites for hydroxylation is 1. The Kier molecular flexibility index (Phi) is 5.05. The van der Waals surface area contributed by atoms with Crippen molar-refractivity contribution in [3.63, 3.8) is 0 Å². The molecule has 0 saturated heterocycles. The Labute approximate surface area is 134 Å². The Morgan fingerprint density at radius 3 is 2.50 bits per heavy atom. The van der Waals surface area contributed by atoms with Gasteiger partial charge in [0.15, 0.2) is 0 Å². The number of nitrogens with one attached hydrogen (secondary N) is 1. The first kappa shape index (κ1) is 16.3. The largest absolute Gasteiger partial charge is 0.495 e. The summed E-state index contributed by atoms with van der Waals surface area (Å²) < 4.78 is 29.5. The molecule has 0 fully saturated rings. The maximum atomic E-state index is 12.2. The zero-order chi connectivity index (χ0) is 16.2. The lowest BCUT2D eigenvalue weighted by molar-refractivity contribution is 0.402. The second-order valence-corrected chi connectivity index (χ2v) is 6.62. The number of hydrogen-bond acceptors (Lipinski definition) is 4. The summed E-state index contributed by atoms with van der Waals surface area (Å²) in [5.74, 6) is 0.197. The molecule has 116 valence electrons. The molecule has 0 unspecified atom stereocenters. The molecule has 5 nitrogen and oxygen atoms in total. The van der Waals surface area contributed by atoms with Crippen molar-refractivity contribution >= 4 is 27.8 Å². The highest BCUT2D eigenvalue weighted by atomic mass is 35.5. The number of rotatable bonds is 5. The second-order valence-electron chi connectivity index (χ2n) is 4.56. The van der Waals surface area contributed by atoms with E-state index in [1.807, 2.05) is 31.2 Å². The van der Waals surface area contributed by atoms with Crippen LogP contribution in [0.5, 0.6) is 5.75 Å². The molecule has 0 aromatic heterocycles. The van der Waals surface area contributed by atoms with Crippen LogP contribution in [-0.4, -0.2) is 21.7 Å². The first-order valence-corrected chi connectivity index (χ1v) is 8.23. The van der Waals surface area contributed by atoms with E-state index in [9.17, 15) is 8.42 Å². The van der Waals surface area contributed by atoms with Gasteiger partial charge in [0, 0.05) is 5.02 Å². The maximum Gasteiger partial charge on any atom is 0.280 e. The molecule has 0 bridgehead atoms. The van der Waals surface area contributed by atoms with Crippen molar-refractivity contribution in [3.8, 4) is 5.75 Å². The Morgan fingerprint density at radius 1 is 1.18 bits per heavy atom. The van der Waals surface area contributed by atoms with Gasteiger partial charge >= 0.3 is 0 Å². The standard InChI is InChI=1S/C15H15ClN2O3S/c1-11-3-5-12(6-4-11)10-17-18-22(19,20)15-9-13(16)7-8-14(15)21-2/h3-10,18H,1-2H3/b17-10+. The number of nitrogens with zero attached hydrogens (tertiary/aromatic N) is 1. The number of benzene rings is 2. The van der Waals surface area contributed by atoms with Gasteiger partial charge in [-0.15, -0.1) is 0 Å². The van der Waals surface area contributed by atoms with Gasteiger partial charge in [0.25, 0.3) is 10.0 Å². The second kappa shape index (κ2) is 6.81. The van der Waals surface area contributed by atoms with Crippen molar-refractivity contribution in [1.29, 1.82) is 0 Å². The Hall–Kier alpha value is -2.05. The number of methoxy groups -OCH3 is 1. The Morgan fingerprint density at radius 2 is 1.86 bits per heavy atom. The van der Waals surface area contributed by atoms with E-state index >= 15 is 0 Å². The molecule has 0 radical (unpaired) electrons. The molecule has 22 heavy (non-hydrogen) atoms. The van der Waals surface area contributed by atoms with Gasteiger partial charge in [0.05, 0.1) is 13.3 Å². The first-order chi connectivity index (χ1) is 10.4. The summed E-state index contributed by atoms with van der Waals surface area (Å²) in [4.78, 5) is 2.08. The van der Waals surface area contributed by atoms with Gasteiger partial charge in [-0.1, -0.05) is 41.4 Å². The third-order valence-corrected chi connectivity index (χ3v) is 4.36. The molecule has 0 aliphatic carbocycles. The van der Waals surface area contributed by atoms with E-state index in [0.29, 0.717) is 5.02 Å². The lowest BCUT2D eigenvalue weighted by Crippen LogP contribution is -2.19. The van der Waals surface area contributed by atoms with Gasteiger partial charge < -0.3 is 4.74 Å². The monoisotopic (exact) mass is 338 g/mol. The Bertz CT molecular complexity index is 787. The topological polar surface area (TPSA) is 67.8 Å². The zero-order valence-corrected chi connectivity index (χ0v) is 13.6. The van der Waals surface area contributed by atoms with Crippen LogP contribution in [0.2, 0.25) is 5.02 Å². The Balaban J connectivity index is 2.21. The van der Waals surface area contributed by atoms with E-state index in [1.54, 1.807) is 6.07 Å². The van der Waals surface area contributed by atoms with Crippen LogP contribution in [0.1, 0.15) is 11.1 Å². The van der Waals surface area contributed by atoms with Crippen LogP contribution < -0.4 is 9.57 Å². The summed E-state index contributed by atoms with van der Waals surface area (Å²) in [7, 11) is -2.47. The fraction of sp³-hybridized carbons (Fsp3) is 0.133. The highest BCUT2D eigenvalue weighted by molar-refractivity contribution is 7.89. The van der Waals surface area contributed by atoms with Crippen molar-refractivity contribution in [2.75, 3.05) is 7.11 Å². The molecule has 1 N–H and O–H groups in total. The molecule has 2 aromatic carbocycles. The van der Waals surface area contributed by atoms with E-state index < -0.39 is 10.0 Å². The molecule has 0 aliphatic heterocycles. The molecule has 2 aromatic rings. The average molecular weight is 339 g/mol. The molecule has 0 aliphatic rings. The lowest BCUT2D eigenvalue weighted by atomic mass is 10.2.